The van der Waals surface area contributed by atoms with E-state index in [4.69, 9.17) is 10.00 Å². The third-order valence-corrected chi connectivity index (χ3v) is 4.39. The summed E-state index contributed by atoms with van der Waals surface area (Å²) in [7, 11) is 0. The van der Waals surface area contributed by atoms with Gasteiger partial charge in [0.1, 0.15) is 5.82 Å². The Morgan fingerprint density at radius 2 is 2.27 bits per heavy atom. The summed E-state index contributed by atoms with van der Waals surface area (Å²) in [5.41, 5.74) is 0.637. The SMILES string of the molecule is CCNC(=NCc1ccc(C#N)cc1F)NCC1(CCO)CCOC1.I. The summed E-state index contributed by atoms with van der Waals surface area (Å²) in [5, 5.41) is 24.5. The van der Waals surface area contributed by atoms with Gasteiger partial charge in [-0.05, 0) is 31.9 Å². The van der Waals surface area contributed by atoms with E-state index in [1.165, 1.54) is 6.07 Å². The molecule has 1 aliphatic rings. The molecule has 0 aliphatic carbocycles. The first-order chi connectivity index (χ1) is 12.1. The molecule has 0 radical (unpaired) electrons. The number of rotatable bonds is 7. The van der Waals surface area contributed by atoms with Gasteiger partial charge < -0.3 is 20.5 Å². The lowest BCUT2D eigenvalue weighted by Gasteiger charge is -2.27. The Morgan fingerprint density at radius 1 is 1.46 bits per heavy atom. The predicted octanol–water partition coefficient (Wildman–Crippen LogP) is 2.16. The van der Waals surface area contributed by atoms with Crippen molar-refractivity contribution in [3.05, 3.63) is 35.1 Å². The number of aliphatic hydroxyl groups excluding tert-OH is 1. The number of halogens is 2. The quantitative estimate of drug-likeness (QED) is 0.319. The Labute approximate surface area is 170 Å². The zero-order chi connectivity index (χ0) is 18.1. The van der Waals surface area contributed by atoms with Crippen LogP contribution in [0, 0.1) is 22.6 Å². The molecule has 0 amide bonds. The number of nitriles is 1. The Bertz CT molecular complexity index is 643. The maximum atomic E-state index is 14.0. The van der Waals surface area contributed by atoms with Crippen LogP contribution in [0.1, 0.15) is 30.9 Å². The summed E-state index contributed by atoms with van der Waals surface area (Å²) in [6.07, 6.45) is 1.56. The van der Waals surface area contributed by atoms with Crippen molar-refractivity contribution in [2.24, 2.45) is 10.4 Å². The van der Waals surface area contributed by atoms with E-state index in [2.05, 4.69) is 15.6 Å². The summed E-state index contributed by atoms with van der Waals surface area (Å²) in [5.74, 6) is 0.162. The molecule has 1 aromatic carbocycles. The lowest BCUT2D eigenvalue weighted by atomic mass is 9.84. The molecule has 1 unspecified atom stereocenters. The number of aliphatic imine (C=N–C) groups is 1. The van der Waals surface area contributed by atoms with E-state index in [1.807, 2.05) is 13.0 Å². The van der Waals surface area contributed by atoms with Gasteiger partial charge in [-0.3, -0.25) is 0 Å². The van der Waals surface area contributed by atoms with Gasteiger partial charge in [0.2, 0.25) is 0 Å². The minimum atomic E-state index is -0.431. The van der Waals surface area contributed by atoms with Crippen molar-refractivity contribution in [2.45, 2.75) is 26.3 Å². The number of ether oxygens (including phenoxy) is 1. The summed E-state index contributed by atoms with van der Waals surface area (Å²) < 4.78 is 19.4. The van der Waals surface area contributed by atoms with Crippen LogP contribution in [0.25, 0.3) is 0 Å². The molecule has 0 spiro atoms. The molecule has 1 aromatic rings. The van der Waals surface area contributed by atoms with Gasteiger partial charge in [-0.1, -0.05) is 6.07 Å². The fourth-order valence-corrected chi connectivity index (χ4v) is 2.83. The number of hydrogen-bond acceptors (Lipinski definition) is 4. The van der Waals surface area contributed by atoms with Crippen molar-refractivity contribution >= 4 is 29.9 Å². The molecule has 3 N–H and O–H groups in total. The summed E-state index contributed by atoms with van der Waals surface area (Å²) >= 11 is 0. The highest BCUT2D eigenvalue weighted by Crippen LogP contribution is 2.31. The van der Waals surface area contributed by atoms with Crippen molar-refractivity contribution in [3.8, 4) is 6.07 Å². The van der Waals surface area contributed by atoms with Gasteiger partial charge in [-0.15, -0.1) is 24.0 Å². The molecule has 8 heteroatoms. The molecule has 1 atom stereocenters. The van der Waals surface area contributed by atoms with Crippen molar-refractivity contribution in [3.63, 3.8) is 0 Å². The predicted molar refractivity (Wildman–Crippen MR) is 109 cm³/mol. The first-order valence-electron chi connectivity index (χ1n) is 8.52. The Balaban J connectivity index is 0.00000338. The van der Waals surface area contributed by atoms with Crippen LogP contribution in [0.2, 0.25) is 0 Å². The van der Waals surface area contributed by atoms with Gasteiger partial charge in [0, 0.05) is 37.3 Å². The summed E-state index contributed by atoms with van der Waals surface area (Å²) in [6.45, 7) is 4.89. The first-order valence-corrected chi connectivity index (χ1v) is 8.52. The van der Waals surface area contributed by atoms with E-state index < -0.39 is 5.82 Å². The molecule has 1 saturated heterocycles. The van der Waals surface area contributed by atoms with Crippen LogP contribution in [0.3, 0.4) is 0 Å². The summed E-state index contributed by atoms with van der Waals surface area (Å²) in [6, 6.07) is 6.30. The van der Waals surface area contributed by atoms with Crippen molar-refractivity contribution in [1.29, 1.82) is 5.26 Å². The molecule has 0 aromatic heterocycles. The Hall–Kier alpha value is -1.44. The van der Waals surface area contributed by atoms with E-state index in [0.717, 1.165) is 6.42 Å². The maximum Gasteiger partial charge on any atom is 0.191 e. The fourth-order valence-electron chi connectivity index (χ4n) is 2.83. The van der Waals surface area contributed by atoms with Crippen LogP contribution in [0.15, 0.2) is 23.2 Å². The fraction of sp³-hybridized carbons (Fsp3) is 0.556. The second kappa shape index (κ2) is 11.3. The molecule has 1 heterocycles. The molecule has 1 fully saturated rings. The monoisotopic (exact) mass is 476 g/mol. The summed E-state index contributed by atoms with van der Waals surface area (Å²) in [4.78, 5) is 4.42. The number of nitrogens with one attached hydrogen (secondary N) is 2. The zero-order valence-electron chi connectivity index (χ0n) is 14.9. The molecule has 2 rings (SSSR count). The van der Waals surface area contributed by atoms with Crippen molar-refractivity contribution in [1.82, 2.24) is 10.6 Å². The second-order valence-electron chi connectivity index (χ2n) is 6.24. The smallest absolute Gasteiger partial charge is 0.191 e. The Kier molecular flexibility index (Phi) is 9.83. The van der Waals surface area contributed by atoms with Crippen LogP contribution in [-0.4, -0.2) is 44.0 Å². The van der Waals surface area contributed by atoms with Gasteiger partial charge in [0.05, 0.1) is 24.8 Å². The largest absolute Gasteiger partial charge is 0.396 e. The highest BCUT2D eigenvalue weighted by Gasteiger charge is 2.34. The molecule has 144 valence electrons. The van der Waals surface area contributed by atoms with Crippen LogP contribution in [0.5, 0.6) is 0 Å². The van der Waals surface area contributed by atoms with E-state index in [9.17, 15) is 9.50 Å². The number of benzene rings is 1. The zero-order valence-corrected chi connectivity index (χ0v) is 17.3. The highest BCUT2D eigenvalue weighted by atomic mass is 127. The van der Waals surface area contributed by atoms with Crippen molar-refractivity contribution < 1.29 is 14.2 Å². The third-order valence-electron chi connectivity index (χ3n) is 4.39. The van der Waals surface area contributed by atoms with Gasteiger partial charge in [0.25, 0.3) is 0 Å². The molecule has 0 saturated carbocycles. The van der Waals surface area contributed by atoms with Gasteiger partial charge >= 0.3 is 0 Å². The van der Waals surface area contributed by atoms with Crippen LogP contribution in [-0.2, 0) is 11.3 Å². The van der Waals surface area contributed by atoms with Crippen LogP contribution < -0.4 is 10.6 Å². The maximum absolute atomic E-state index is 14.0. The average Bonchev–Trinajstić information content (AvgIpc) is 3.07. The molecular formula is C18H26FIN4O2. The van der Waals surface area contributed by atoms with Crippen LogP contribution >= 0.6 is 24.0 Å². The van der Waals surface area contributed by atoms with Crippen LogP contribution in [0.4, 0.5) is 4.39 Å². The normalized spacial score (nSPS) is 19.5. The molecule has 26 heavy (non-hydrogen) atoms. The molecule has 0 bridgehead atoms. The number of nitrogens with zero attached hydrogens (tertiary/aromatic N) is 2. The van der Waals surface area contributed by atoms with E-state index in [-0.39, 0.29) is 42.5 Å². The second-order valence-corrected chi connectivity index (χ2v) is 6.24. The molecular weight excluding hydrogens is 450 g/mol. The standard InChI is InChI=1S/C18H25FN4O2.HI/c1-2-21-17(23-12-18(5-7-24)6-8-25-13-18)22-11-15-4-3-14(10-20)9-16(15)19;/h3-4,9,24H,2,5-8,11-13H2,1H3,(H2,21,22,23);1H. The topological polar surface area (TPSA) is 89.7 Å². The van der Waals surface area contributed by atoms with E-state index in [0.29, 0.717) is 49.8 Å². The van der Waals surface area contributed by atoms with E-state index in [1.54, 1.807) is 12.1 Å². The molecule has 1 aliphatic heterocycles. The highest BCUT2D eigenvalue weighted by molar-refractivity contribution is 14.0. The number of guanidine groups is 1. The van der Waals surface area contributed by atoms with Gasteiger partial charge in [0.15, 0.2) is 5.96 Å². The lowest BCUT2D eigenvalue weighted by Crippen LogP contribution is -2.44. The molecule has 6 nitrogen and oxygen atoms in total. The number of aliphatic hydroxyl groups is 1. The Morgan fingerprint density at radius 3 is 2.85 bits per heavy atom. The van der Waals surface area contributed by atoms with Crippen molar-refractivity contribution in [2.75, 3.05) is 32.9 Å². The minimum Gasteiger partial charge on any atom is -0.396 e. The van der Waals surface area contributed by atoms with E-state index >= 15 is 0 Å². The minimum absolute atomic E-state index is 0. The average molecular weight is 476 g/mol. The first kappa shape index (κ1) is 22.6. The number of hydrogen-bond donors (Lipinski definition) is 3. The lowest BCUT2D eigenvalue weighted by molar-refractivity contribution is 0.127. The van der Waals surface area contributed by atoms with Gasteiger partial charge in [-0.2, -0.15) is 5.26 Å². The van der Waals surface area contributed by atoms with Gasteiger partial charge in [-0.25, -0.2) is 9.38 Å². The third kappa shape index (κ3) is 6.37.